The van der Waals surface area contributed by atoms with E-state index in [0.29, 0.717) is 13.1 Å². The Morgan fingerprint density at radius 3 is 2.54 bits per heavy atom. The van der Waals surface area contributed by atoms with Gasteiger partial charge in [-0.05, 0) is 18.1 Å². The molecule has 0 aliphatic carbocycles. The van der Waals surface area contributed by atoms with Gasteiger partial charge >= 0.3 is 6.18 Å². The van der Waals surface area contributed by atoms with E-state index in [9.17, 15) is 22.8 Å². The van der Waals surface area contributed by atoms with Gasteiger partial charge in [0.2, 0.25) is 5.91 Å². The second kappa shape index (κ2) is 6.99. The minimum atomic E-state index is -4.77. The topological polar surface area (TPSA) is 64.7 Å². The lowest BCUT2D eigenvalue weighted by Gasteiger charge is -2.39. The second-order valence-electron chi connectivity index (χ2n) is 6.29. The molecule has 2 amide bonds. The van der Waals surface area contributed by atoms with Crippen LogP contribution in [0.1, 0.15) is 11.1 Å². The van der Waals surface area contributed by atoms with Gasteiger partial charge in [-0.2, -0.15) is 13.2 Å². The Hall–Kier alpha value is -2.55. The maximum absolute atomic E-state index is 13.2. The largest absolute Gasteiger partial charge is 0.423 e. The van der Waals surface area contributed by atoms with Crippen LogP contribution in [0.25, 0.3) is 0 Å². The molecule has 2 aliphatic rings. The van der Waals surface area contributed by atoms with Gasteiger partial charge in [0.15, 0.2) is 0 Å². The lowest BCUT2D eigenvalue weighted by molar-refractivity contribution is -0.139. The van der Waals surface area contributed by atoms with Gasteiger partial charge in [-0.15, -0.1) is 0 Å². The van der Waals surface area contributed by atoms with Crippen molar-refractivity contribution >= 4 is 11.8 Å². The SMILES string of the molecule is Cc1ccccc1CN1CCN(C2=C(C(F)(F)F)C(=O)NNC2)CC1=O. The minimum absolute atomic E-state index is 0.175. The van der Waals surface area contributed by atoms with Crippen LogP contribution in [0.2, 0.25) is 0 Å². The number of halogens is 3. The van der Waals surface area contributed by atoms with E-state index in [0.717, 1.165) is 11.1 Å². The van der Waals surface area contributed by atoms with Crippen LogP contribution in [0.15, 0.2) is 35.5 Å². The standard InChI is InChI=1S/C17H19F3N4O2/c1-11-4-2-3-5-12(11)9-24-7-6-23(10-14(24)25)13-8-21-22-16(26)15(13)17(18,19)20/h2-5,21H,6-10H2,1H3,(H,22,26). The minimum Gasteiger partial charge on any atom is -0.362 e. The number of alkyl halides is 3. The van der Waals surface area contributed by atoms with Gasteiger partial charge in [-0.3, -0.25) is 15.0 Å². The summed E-state index contributed by atoms with van der Waals surface area (Å²) in [6.07, 6.45) is -4.77. The van der Waals surface area contributed by atoms with Crippen molar-refractivity contribution < 1.29 is 22.8 Å². The van der Waals surface area contributed by atoms with Gasteiger partial charge in [0.25, 0.3) is 5.91 Å². The smallest absolute Gasteiger partial charge is 0.362 e. The number of nitrogens with one attached hydrogen (secondary N) is 2. The fourth-order valence-corrected chi connectivity index (χ4v) is 3.15. The number of piperazine rings is 1. The summed E-state index contributed by atoms with van der Waals surface area (Å²) in [5, 5.41) is 0. The molecule has 2 aliphatic heterocycles. The third-order valence-electron chi connectivity index (χ3n) is 4.58. The number of hydrogen-bond donors (Lipinski definition) is 2. The number of rotatable bonds is 3. The first kappa shape index (κ1) is 18.2. The number of aryl methyl sites for hydroxylation is 1. The molecule has 6 nitrogen and oxygen atoms in total. The normalized spacial score (nSPS) is 19.1. The van der Waals surface area contributed by atoms with Gasteiger partial charge in [0.05, 0.1) is 13.1 Å². The summed E-state index contributed by atoms with van der Waals surface area (Å²) in [4.78, 5) is 27.1. The summed E-state index contributed by atoms with van der Waals surface area (Å²) < 4.78 is 39.7. The Balaban J connectivity index is 1.77. The number of nitrogens with zero attached hydrogens (tertiary/aromatic N) is 2. The van der Waals surface area contributed by atoms with Crippen molar-refractivity contribution in [3.63, 3.8) is 0 Å². The highest BCUT2D eigenvalue weighted by molar-refractivity contribution is 5.96. The van der Waals surface area contributed by atoms with Crippen LogP contribution in [0, 0.1) is 6.92 Å². The van der Waals surface area contributed by atoms with Crippen LogP contribution in [0.3, 0.4) is 0 Å². The van der Waals surface area contributed by atoms with Gasteiger partial charge in [-0.1, -0.05) is 24.3 Å². The van der Waals surface area contributed by atoms with Gasteiger partial charge < -0.3 is 9.80 Å². The highest BCUT2D eigenvalue weighted by Gasteiger charge is 2.44. The zero-order valence-electron chi connectivity index (χ0n) is 14.2. The Morgan fingerprint density at radius 1 is 1.15 bits per heavy atom. The van der Waals surface area contributed by atoms with Crippen molar-refractivity contribution in [2.24, 2.45) is 0 Å². The number of amides is 2. The van der Waals surface area contributed by atoms with Crippen LogP contribution in [0.4, 0.5) is 13.2 Å². The summed E-state index contributed by atoms with van der Waals surface area (Å²) in [5.41, 5.74) is 5.04. The number of carbonyl (C=O) groups excluding carboxylic acids is 2. The molecule has 0 aromatic heterocycles. The average molecular weight is 368 g/mol. The molecule has 2 heterocycles. The zero-order chi connectivity index (χ0) is 18.9. The highest BCUT2D eigenvalue weighted by Crippen LogP contribution is 2.31. The fraction of sp³-hybridized carbons (Fsp3) is 0.412. The molecule has 26 heavy (non-hydrogen) atoms. The number of hydrogen-bond acceptors (Lipinski definition) is 4. The number of hydrazine groups is 1. The van der Waals surface area contributed by atoms with Crippen molar-refractivity contribution in [2.75, 3.05) is 26.2 Å². The molecule has 9 heteroatoms. The summed E-state index contributed by atoms with van der Waals surface area (Å²) in [6, 6.07) is 7.66. The maximum Gasteiger partial charge on any atom is 0.423 e. The fourth-order valence-electron chi connectivity index (χ4n) is 3.15. The van der Waals surface area contributed by atoms with E-state index in [-0.39, 0.29) is 31.2 Å². The summed E-state index contributed by atoms with van der Waals surface area (Å²) >= 11 is 0. The van der Waals surface area contributed by atoms with Crippen LogP contribution in [-0.4, -0.2) is 54.0 Å². The van der Waals surface area contributed by atoms with E-state index in [1.165, 1.54) is 4.90 Å². The molecule has 2 N–H and O–H groups in total. The van der Waals surface area contributed by atoms with Gasteiger partial charge in [0.1, 0.15) is 5.57 Å². The van der Waals surface area contributed by atoms with E-state index >= 15 is 0 Å². The first-order valence-electron chi connectivity index (χ1n) is 8.18. The molecule has 1 saturated heterocycles. The van der Waals surface area contributed by atoms with Crippen molar-refractivity contribution in [3.8, 4) is 0 Å². The van der Waals surface area contributed by atoms with Crippen LogP contribution in [-0.2, 0) is 16.1 Å². The lowest BCUT2D eigenvalue weighted by atomic mass is 10.1. The monoisotopic (exact) mass is 368 g/mol. The third-order valence-corrected chi connectivity index (χ3v) is 4.58. The van der Waals surface area contributed by atoms with Gasteiger partial charge in [-0.25, -0.2) is 5.43 Å². The molecule has 1 aromatic rings. The predicted molar refractivity (Wildman–Crippen MR) is 87.4 cm³/mol. The summed E-state index contributed by atoms with van der Waals surface area (Å²) in [7, 11) is 0. The molecule has 1 fully saturated rings. The van der Waals surface area contributed by atoms with Crippen LogP contribution >= 0.6 is 0 Å². The first-order chi connectivity index (χ1) is 12.3. The van der Waals surface area contributed by atoms with Crippen LogP contribution in [0.5, 0.6) is 0 Å². The van der Waals surface area contributed by atoms with Crippen molar-refractivity contribution in [2.45, 2.75) is 19.6 Å². The third kappa shape index (κ3) is 3.67. The Kier molecular flexibility index (Phi) is 4.90. The van der Waals surface area contributed by atoms with E-state index < -0.39 is 17.7 Å². The molecule has 140 valence electrons. The van der Waals surface area contributed by atoms with E-state index in [4.69, 9.17) is 0 Å². The molecule has 0 radical (unpaired) electrons. The molecule has 0 atom stereocenters. The van der Waals surface area contributed by atoms with E-state index in [1.807, 2.05) is 36.6 Å². The first-order valence-corrected chi connectivity index (χ1v) is 8.18. The molecule has 0 saturated carbocycles. The number of benzene rings is 1. The van der Waals surface area contributed by atoms with Gasteiger partial charge in [0, 0.05) is 25.3 Å². The van der Waals surface area contributed by atoms with Crippen molar-refractivity contribution in [1.82, 2.24) is 20.7 Å². The molecular weight excluding hydrogens is 349 g/mol. The molecule has 0 bridgehead atoms. The quantitative estimate of drug-likeness (QED) is 0.839. The predicted octanol–water partition coefficient (Wildman–Crippen LogP) is 1.09. The van der Waals surface area contributed by atoms with Crippen molar-refractivity contribution in [1.29, 1.82) is 0 Å². The molecule has 3 rings (SSSR count). The lowest BCUT2D eigenvalue weighted by Crippen LogP contribution is -2.55. The maximum atomic E-state index is 13.2. The Morgan fingerprint density at radius 2 is 1.88 bits per heavy atom. The van der Waals surface area contributed by atoms with E-state index in [2.05, 4.69) is 5.43 Å². The second-order valence-corrected chi connectivity index (χ2v) is 6.29. The molecule has 0 spiro atoms. The molecule has 0 unspecified atom stereocenters. The average Bonchev–Trinajstić information content (AvgIpc) is 2.57. The van der Waals surface area contributed by atoms with Crippen LogP contribution < -0.4 is 10.9 Å². The molecule has 1 aromatic carbocycles. The Bertz CT molecular complexity index is 761. The summed E-state index contributed by atoms with van der Waals surface area (Å²) in [5.74, 6) is -1.49. The van der Waals surface area contributed by atoms with Crippen molar-refractivity contribution in [3.05, 3.63) is 46.7 Å². The molecular formula is C17H19F3N4O2. The Labute approximate surface area is 148 Å². The highest BCUT2D eigenvalue weighted by atomic mass is 19.4. The van der Waals surface area contributed by atoms with E-state index in [1.54, 1.807) is 4.90 Å². The summed E-state index contributed by atoms with van der Waals surface area (Å²) in [6.45, 7) is 2.54. The zero-order valence-corrected chi connectivity index (χ0v) is 14.2. The number of carbonyl (C=O) groups is 2.